The lowest BCUT2D eigenvalue weighted by Crippen LogP contribution is -2.33. The Morgan fingerprint density at radius 2 is 1.50 bits per heavy atom. The average Bonchev–Trinajstić information content (AvgIpc) is 2.09. The molecule has 2 nitrogen and oxygen atoms in total. The van der Waals surface area contributed by atoms with Crippen LogP contribution in [-0.2, 0) is 9.59 Å². The van der Waals surface area contributed by atoms with E-state index in [1.165, 1.54) is 0 Å². The first-order valence-electron chi connectivity index (χ1n) is 3.34. The molecule has 1 rings (SSSR count). The minimum Gasteiger partial charge on any atom is -0.323 e. The lowest BCUT2D eigenvalue weighted by molar-refractivity contribution is 0.563. The molecule has 0 spiro atoms. The van der Waals surface area contributed by atoms with E-state index in [0.717, 1.165) is 14.7 Å². The molecule has 0 aliphatic heterocycles. The average molecular weight is 192 g/mol. The molecule has 0 aromatic heterocycles. The Bertz CT molecular complexity index is 240. The SMILES string of the molecule is O=[CH][Al]([CH]=O)[c]1ccccc1.[AlH3]. The van der Waals surface area contributed by atoms with E-state index in [1.54, 1.807) is 0 Å². The van der Waals surface area contributed by atoms with Crippen LogP contribution >= 0.6 is 0 Å². The van der Waals surface area contributed by atoms with Crippen molar-refractivity contribution < 1.29 is 9.59 Å². The molecule has 0 aliphatic rings. The molecule has 0 fully saturated rings. The number of carbonyl (C=O) groups is 2. The van der Waals surface area contributed by atoms with Gasteiger partial charge in [0.1, 0.15) is 0 Å². The summed E-state index contributed by atoms with van der Waals surface area (Å²) < 4.78 is 0.887. The van der Waals surface area contributed by atoms with Gasteiger partial charge in [0.15, 0.2) is 17.4 Å². The van der Waals surface area contributed by atoms with Crippen LogP contribution in [0.4, 0.5) is 0 Å². The number of benzene rings is 1. The molecule has 0 bridgehead atoms. The molecular weight excluding hydrogens is 182 g/mol. The third-order valence-corrected chi connectivity index (χ3v) is 3.22. The molecule has 0 saturated heterocycles. The Balaban J connectivity index is 0.00000121. The minimum absolute atomic E-state index is 0. The predicted molar refractivity (Wildman–Crippen MR) is 55.3 cm³/mol. The van der Waals surface area contributed by atoms with Crippen LogP contribution in [0.25, 0.3) is 0 Å². The molecule has 60 valence electrons. The molecular formula is C8H10Al2O2. The van der Waals surface area contributed by atoms with Crippen LogP contribution in [0, 0.1) is 0 Å². The summed E-state index contributed by atoms with van der Waals surface area (Å²) in [5, 5.41) is 1.56. The van der Waals surface area contributed by atoms with Crippen molar-refractivity contribution in [1.82, 2.24) is 0 Å². The minimum atomic E-state index is -1.91. The molecule has 0 unspecified atom stereocenters. The van der Waals surface area contributed by atoms with Crippen molar-refractivity contribution in [2.24, 2.45) is 0 Å². The van der Waals surface area contributed by atoms with E-state index in [2.05, 4.69) is 0 Å². The molecule has 0 saturated carbocycles. The smallest absolute Gasteiger partial charge is 0.323 e. The molecule has 1 aromatic carbocycles. The van der Waals surface area contributed by atoms with Crippen molar-refractivity contribution in [1.29, 1.82) is 0 Å². The predicted octanol–water partition coefficient (Wildman–Crippen LogP) is -1.25. The van der Waals surface area contributed by atoms with Gasteiger partial charge in [-0.1, -0.05) is 34.8 Å². The standard InChI is InChI=1S/C6H5.2CHO.2Al.3H/c1-2-4-6-5-3-1;2*1-2;;;;;/h1-5H;2*1H;;;;;. The van der Waals surface area contributed by atoms with Gasteiger partial charge in [0.05, 0.1) is 10.3 Å². The number of hydrogen-bond donors (Lipinski definition) is 0. The summed E-state index contributed by atoms with van der Waals surface area (Å²) in [6, 6.07) is 9.18. The zero-order valence-electron chi connectivity index (χ0n) is 5.94. The quantitative estimate of drug-likeness (QED) is 0.443. The highest BCUT2D eigenvalue weighted by molar-refractivity contribution is 7.11. The fourth-order valence-electron chi connectivity index (χ4n) is 0.864. The topological polar surface area (TPSA) is 34.1 Å². The maximum atomic E-state index is 10.4. The van der Waals surface area contributed by atoms with Gasteiger partial charge in [-0.3, -0.25) is 0 Å². The first-order chi connectivity index (χ1) is 5.38. The zero-order valence-corrected chi connectivity index (χ0v) is 7.09. The fourth-order valence-corrected chi connectivity index (χ4v) is 1.91. The monoisotopic (exact) mass is 192 g/mol. The Labute approximate surface area is 86.1 Å². The van der Waals surface area contributed by atoms with Crippen molar-refractivity contribution in [2.75, 3.05) is 0 Å². The van der Waals surface area contributed by atoms with E-state index >= 15 is 0 Å². The fraction of sp³-hybridized carbons (Fsp3) is 0. The second kappa shape index (κ2) is 6.18. The van der Waals surface area contributed by atoms with Crippen LogP contribution in [0.2, 0.25) is 0 Å². The van der Waals surface area contributed by atoms with Crippen molar-refractivity contribution in [3.8, 4) is 0 Å². The first-order valence-corrected chi connectivity index (χ1v) is 5.25. The van der Waals surface area contributed by atoms with Crippen LogP contribution < -0.4 is 4.43 Å². The van der Waals surface area contributed by atoms with Crippen LogP contribution in [0.15, 0.2) is 30.3 Å². The second-order valence-corrected chi connectivity index (χ2v) is 4.47. The van der Waals surface area contributed by atoms with Gasteiger partial charge in [-0.15, -0.1) is 0 Å². The Kier molecular flexibility index (Phi) is 5.98. The normalized spacial score (nSPS) is 8.00. The third kappa shape index (κ3) is 2.93. The van der Waals surface area contributed by atoms with Gasteiger partial charge in [-0.25, -0.2) is 0 Å². The molecule has 0 heterocycles. The third-order valence-electron chi connectivity index (χ3n) is 1.48. The summed E-state index contributed by atoms with van der Waals surface area (Å²) >= 11 is -1.91. The molecule has 0 aliphatic carbocycles. The Hall–Kier alpha value is -0.375. The molecule has 0 atom stereocenters. The van der Waals surface area contributed by atoms with Gasteiger partial charge in [-0.2, -0.15) is 0 Å². The van der Waals surface area contributed by atoms with Gasteiger partial charge < -0.3 is 9.59 Å². The highest BCUT2D eigenvalue weighted by Gasteiger charge is 2.18. The zero-order chi connectivity index (χ0) is 8.10. The summed E-state index contributed by atoms with van der Waals surface area (Å²) in [6.07, 6.45) is 0. The van der Waals surface area contributed by atoms with Crippen LogP contribution in [-0.4, -0.2) is 41.8 Å². The Morgan fingerprint density at radius 3 is 1.92 bits per heavy atom. The van der Waals surface area contributed by atoms with Gasteiger partial charge >= 0.3 is 14.1 Å². The van der Waals surface area contributed by atoms with Gasteiger partial charge in [0, 0.05) is 0 Å². The molecule has 4 heteroatoms. The molecule has 0 radical (unpaired) electrons. The van der Waals surface area contributed by atoms with E-state index in [4.69, 9.17) is 0 Å². The van der Waals surface area contributed by atoms with Crippen molar-refractivity contribution >= 4 is 46.2 Å². The highest BCUT2D eigenvalue weighted by Crippen LogP contribution is 1.83. The summed E-state index contributed by atoms with van der Waals surface area (Å²) in [5.41, 5.74) is 0. The van der Waals surface area contributed by atoms with Gasteiger partial charge in [-0.05, 0) is 0 Å². The van der Waals surface area contributed by atoms with Crippen LogP contribution in [0.5, 0.6) is 0 Å². The van der Waals surface area contributed by atoms with Gasteiger partial charge in [0.25, 0.3) is 0 Å². The maximum Gasteiger partial charge on any atom is 0.485 e. The molecule has 1 aromatic rings. The van der Waals surface area contributed by atoms with Crippen LogP contribution in [0.3, 0.4) is 0 Å². The summed E-state index contributed by atoms with van der Waals surface area (Å²) in [4.78, 5) is 20.7. The van der Waals surface area contributed by atoms with Crippen molar-refractivity contribution in [3.63, 3.8) is 0 Å². The lowest BCUT2D eigenvalue weighted by Gasteiger charge is -1.94. The van der Waals surface area contributed by atoms with Crippen molar-refractivity contribution in [2.45, 2.75) is 0 Å². The van der Waals surface area contributed by atoms with E-state index in [1.807, 2.05) is 30.3 Å². The van der Waals surface area contributed by atoms with Crippen molar-refractivity contribution in [3.05, 3.63) is 30.3 Å². The Morgan fingerprint density at radius 1 is 1.00 bits per heavy atom. The highest BCUT2D eigenvalue weighted by atomic mass is 27.2. The summed E-state index contributed by atoms with van der Waals surface area (Å²) in [6.45, 7) is 0. The lowest BCUT2D eigenvalue weighted by atomic mass is 10.4. The maximum absolute atomic E-state index is 10.4. The van der Waals surface area contributed by atoms with E-state index in [9.17, 15) is 9.59 Å². The van der Waals surface area contributed by atoms with E-state index in [0.29, 0.717) is 0 Å². The van der Waals surface area contributed by atoms with E-state index in [-0.39, 0.29) is 17.4 Å². The van der Waals surface area contributed by atoms with Crippen LogP contribution in [0.1, 0.15) is 0 Å². The second-order valence-electron chi connectivity index (χ2n) is 2.21. The number of carbonyl (C=O) groups excluding carboxylic acids is 2. The largest absolute Gasteiger partial charge is 0.485 e. The molecule has 0 N–H and O–H groups in total. The van der Waals surface area contributed by atoms with E-state index < -0.39 is 14.1 Å². The molecule has 12 heavy (non-hydrogen) atoms. The summed E-state index contributed by atoms with van der Waals surface area (Å²) in [7, 11) is 0. The number of rotatable bonds is 3. The van der Waals surface area contributed by atoms with Gasteiger partial charge in [0.2, 0.25) is 0 Å². The first kappa shape index (κ1) is 11.6. The summed E-state index contributed by atoms with van der Waals surface area (Å²) in [5.74, 6) is 0. The number of hydrogen-bond acceptors (Lipinski definition) is 2. The molecule has 0 amide bonds.